The van der Waals surface area contributed by atoms with Crippen LogP contribution in [0.2, 0.25) is 0 Å². The second-order valence-corrected chi connectivity index (χ2v) is 7.39. The van der Waals surface area contributed by atoms with Crippen molar-refractivity contribution in [2.24, 2.45) is 0 Å². The van der Waals surface area contributed by atoms with E-state index in [1.165, 1.54) is 0 Å². The van der Waals surface area contributed by atoms with Crippen molar-refractivity contribution in [3.63, 3.8) is 0 Å². The Morgan fingerprint density at radius 2 is 1.45 bits per heavy atom. The lowest BCUT2D eigenvalue weighted by molar-refractivity contribution is 0.0466. The summed E-state index contributed by atoms with van der Waals surface area (Å²) in [6.45, 7) is 7.26. The number of pyridine rings is 1. The van der Waals surface area contributed by atoms with Crippen LogP contribution in [-0.2, 0) is 4.74 Å². The van der Waals surface area contributed by atoms with Crippen molar-refractivity contribution >= 4 is 39.1 Å². The number of nitrogens with one attached hydrogen (secondary N) is 1. The van der Waals surface area contributed by atoms with E-state index in [1.54, 1.807) is 12.1 Å². The number of ether oxygens (including phenoxy) is 1. The van der Waals surface area contributed by atoms with Crippen molar-refractivity contribution < 1.29 is 9.53 Å². The Labute approximate surface area is 182 Å². The van der Waals surface area contributed by atoms with E-state index in [0.717, 1.165) is 52.8 Å². The van der Waals surface area contributed by atoms with Gasteiger partial charge < -0.3 is 15.0 Å². The van der Waals surface area contributed by atoms with Crippen molar-refractivity contribution in [3.8, 4) is 0 Å². The molecule has 1 N–H and O–H groups in total. The molecule has 4 aromatic rings. The lowest BCUT2D eigenvalue weighted by Crippen LogP contribution is -2.27. The van der Waals surface area contributed by atoms with Crippen LogP contribution >= 0.6 is 0 Å². The van der Waals surface area contributed by atoms with Crippen molar-refractivity contribution in [1.82, 2.24) is 9.88 Å². The number of rotatable bonds is 8. The molecule has 0 bridgehead atoms. The lowest BCUT2D eigenvalue weighted by atomic mass is 10.1. The van der Waals surface area contributed by atoms with Crippen LogP contribution in [0.4, 0.5) is 11.4 Å². The maximum atomic E-state index is 12.4. The average molecular weight is 414 g/mol. The molecule has 0 radical (unpaired) electrons. The minimum absolute atomic E-state index is 0.293. The summed E-state index contributed by atoms with van der Waals surface area (Å²) in [6, 6.07) is 23.6. The number of benzene rings is 3. The molecule has 0 spiro atoms. The highest BCUT2D eigenvalue weighted by molar-refractivity contribution is 6.08. The molecular formula is C26H27N3O2. The van der Waals surface area contributed by atoms with Gasteiger partial charge in [0.1, 0.15) is 6.61 Å². The van der Waals surface area contributed by atoms with Crippen LogP contribution in [0.15, 0.2) is 72.8 Å². The largest absolute Gasteiger partial charge is 0.461 e. The molecule has 3 aromatic carbocycles. The summed E-state index contributed by atoms with van der Waals surface area (Å²) < 4.78 is 5.43. The summed E-state index contributed by atoms with van der Waals surface area (Å²) in [7, 11) is 0. The molecule has 0 aliphatic rings. The normalized spacial score (nSPS) is 11.2. The van der Waals surface area contributed by atoms with Gasteiger partial charge in [0.05, 0.1) is 22.3 Å². The fourth-order valence-corrected chi connectivity index (χ4v) is 3.70. The number of likely N-dealkylation sites (N-methyl/N-ethyl adjacent to an activating group) is 1. The van der Waals surface area contributed by atoms with Gasteiger partial charge in [0, 0.05) is 23.0 Å². The standard InChI is InChI=1S/C26H27N3O2/c1-3-29(4-2)17-18-31-26(30)19-13-15-20(16-14-19)27-25-21-9-5-7-11-23(21)28-24-12-8-6-10-22(24)25/h5-16H,3-4,17-18H2,1-2H3,(H,27,28). The van der Waals surface area contributed by atoms with Gasteiger partial charge >= 0.3 is 5.97 Å². The number of hydrogen-bond acceptors (Lipinski definition) is 5. The Morgan fingerprint density at radius 3 is 2.03 bits per heavy atom. The van der Waals surface area contributed by atoms with Crippen molar-refractivity contribution in [2.45, 2.75) is 13.8 Å². The third-order valence-electron chi connectivity index (χ3n) is 5.51. The molecule has 0 aliphatic heterocycles. The highest BCUT2D eigenvalue weighted by Gasteiger charge is 2.11. The SMILES string of the molecule is CCN(CC)CCOC(=O)c1ccc(Nc2c3ccccc3nc3ccccc23)cc1. The molecule has 1 heterocycles. The van der Waals surface area contributed by atoms with Gasteiger partial charge in [0.15, 0.2) is 0 Å². The van der Waals surface area contributed by atoms with Crippen LogP contribution < -0.4 is 5.32 Å². The summed E-state index contributed by atoms with van der Waals surface area (Å²) in [5.74, 6) is -0.293. The van der Waals surface area contributed by atoms with Gasteiger partial charge in [-0.2, -0.15) is 0 Å². The van der Waals surface area contributed by atoms with E-state index in [2.05, 4.69) is 36.2 Å². The highest BCUT2D eigenvalue weighted by Crippen LogP contribution is 2.33. The summed E-state index contributed by atoms with van der Waals surface area (Å²) >= 11 is 0. The summed E-state index contributed by atoms with van der Waals surface area (Å²) in [4.78, 5) is 19.3. The highest BCUT2D eigenvalue weighted by atomic mass is 16.5. The zero-order valence-electron chi connectivity index (χ0n) is 18.0. The molecule has 31 heavy (non-hydrogen) atoms. The first-order chi connectivity index (χ1) is 15.2. The van der Waals surface area contributed by atoms with Crippen LogP contribution in [0.25, 0.3) is 21.8 Å². The number of para-hydroxylation sites is 2. The Balaban J connectivity index is 1.53. The minimum Gasteiger partial charge on any atom is -0.461 e. The van der Waals surface area contributed by atoms with E-state index in [-0.39, 0.29) is 5.97 Å². The monoisotopic (exact) mass is 413 g/mol. The van der Waals surface area contributed by atoms with Gasteiger partial charge in [-0.1, -0.05) is 50.2 Å². The topological polar surface area (TPSA) is 54.5 Å². The molecule has 0 amide bonds. The zero-order chi connectivity index (χ0) is 21.6. The Bertz CT molecular complexity index is 1130. The minimum atomic E-state index is -0.293. The zero-order valence-corrected chi connectivity index (χ0v) is 18.0. The number of anilines is 2. The molecule has 0 aliphatic carbocycles. The first-order valence-electron chi connectivity index (χ1n) is 10.7. The van der Waals surface area contributed by atoms with Crippen LogP contribution in [0.1, 0.15) is 24.2 Å². The quantitative estimate of drug-likeness (QED) is 0.300. The van der Waals surface area contributed by atoms with E-state index in [4.69, 9.17) is 9.72 Å². The Kier molecular flexibility index (Phi) is 6.43. The molecule has 0 atom stereocenters. The molecular weight excluding hydrogens is 386 g/mol. The average Bonchev–Trinajstić information content (AvgIpc) is 2.82. The Hall–Kier alpha value is -3.44. The Morgan fingerprint density at radius 1 is 0.871 bits per heavy atom. The molecule has 0 saturated carbocycles. The number of fused-ring (bicyclic) bond motifs is 2. The molecule has 158 valence electrons. The molecule has 5 heteroatoms. The number of carbonyl (C=O) groups excluding carboxylic acids is 1. The van der Waals surface area contributed by atoms with Crippen molar-refractivity contribution in [2.75, 3.05) is 31.6 Å². The first kappa shape index (κ1) is 20.8. The van der Waals surface area contributed by atoms with Crippen LogP contribution in [0.5, 0.6) is 0 Å². The first-order valence-corrected chi connectivity index (χ1v) is 10.7. The van der Waals surface area contributed by atoms with Crippen LogP contribution in [0.3, 0.4) is 0 Å². The van der Waals surface area contributed by atoms with E-state index in [0.29, 0.717) is 12.2 Å². The molecule has 0 fully saturated rings. The van der Waals surface area contributed by atoms with Gasteiger partial charge in [0.25, 0.3) is 0 Å². The van der Waals surface area contributed by atoms with Gasteiger partial charge in [-0.25, -0.2) is 9.78 Å². The molecule has 0 saturated heterocycles. The van der Waals surface area contributed by atoms with Crippen LogP contribution in [0, 0.1) is 0 Å². The van der Waals surface area contributed by atoms with Gasteiger partial charge in [0.2, 0.25) is 0 Å². The smallest absolute Gasteiger partial charge is 0.338 e. The summed E-state index contributed by atoms with van der Waals surface area (Å²) in [6.07, 6.45) is 0. The third-order valence-corrected chi connectivity index (χ3v) is 5.51. The number of hydrogen-bond donors (Lipinski definition) is 1. The number of esters is 1. The number of nitrogens with zero attached hydrogens (tertiary/aromatic N) is 2. The summed E-state index contributed by atoms with van der Waals surface area (Å²) in [5.41, 5.74) is 4.35. The lowest BCUT2D eigenvalue weighted by Gasteiger charge is -2.17. The van der Waals surface area contributed by atoms with Crippen LogP contribution in [-0.4, -0.2) is 42.1 Å². The predicted octanol–water partition coefficient (Wildman–Crippen LogP) is 5.63. The van der Waals surface area contributed by atoms with Gasteiger partial charge in [-0.3, -0.25) is 0 Å². The van der Waals surface area contributed by atoms with E-state index in [1.807, 2.05) is 48.5 Å². The van der Waals surface area contributed by atoms with Crippen molar-refractivity contribution in [3.05, 3.63) is 78.4 Å². The number of aromatic nitrogens is 1. The molecule has 0 unspecified atom stereocenters. The fraction of sp³-hybridized carbons (Fsp3) is 0.231. The van der Waals surface area contributed by atoms with Crippen molar-refractivity contribution in [1.29, 1.82) is 0 Å². The maximum absolute atomic E-state index is 12.4. The fourth-order valence-electron chi connectivity index (χ4n) is 3.70. The maximum Gasteiger partial charge on any atom is 0.338 e. The van der Waals surface area contributed by atoms with E-state index in [9.17, 15) is 4.79 Å². The predicted molar refractivity (Wildman–Crippen MR) is 127 cm³/mol. The molecule has 1 aromatic heterocycles. The molecule has 5 nitrogen and oxygen atoms in total. The van der Waals surface area contributed by atoms with Gasteiger partial charge in [-0.05, 0) is 49.5 Å². The van der Waals surface area contributed by atoms with Gasteiger partial charge in [-0.15, -0.1) is 0 Å². The second-order valence-electron chi connectivity index (χ2n) is 7.39. The third kappa shape index (κ3) is 4.67. The molecule has 4 rings (SSSR count). The number of carbonyl (C=O) groups is 1. The summed E-state index contributed by atoms with van der Waals surface area (Å²) in [5, 5.41) is 5.64. The van der Waals surface area contributed by atoms with E-state index < -0.39 is 0 Å². The van der Waals surface area contributed by atoms with E-state index >= 15 is 0 Å². The second kappa shape index (κ2) is 9.58.